The van der Waals surface area contributed by atoms with Crippen molar-refractivity contribution in [1.29, 1.82) is 0 Å². The van der Waals surface area contributed by atoms with Gasteiger partial charge in [0.05, 0.1) is 0 Å². The number of carboxylic acid groups (broad SMARTS) is 1. The molecule has 1 aliphatic rings. The third kappa shape index (κ3) is 2.33. The second-order valence-corrected chi connectivity index (χ2v) is 2.28. The Bertz CT molecular complexity index is 120. The van der Waals surface area contributed by atoms with E-state index in [2.05, 4.69) is 0 Å². The summed E-state index contributed by atoms with van der Waals surface area (Å²) < 4.78 is 5.05. The van der Waals surface area contributed by atoms with Crippen LogP contribution in [0, 0.1) is 0 Å². The molecular weight excluding hydrogens is 134 g/mol. The van der Waals surface area contributed by atoms with Gasteiger partial charge in [-0.2, -0.15) is 4.90 Å². The maximum Gasteiger partial charge on any atom is 0.364 e. The van der Waals surface area contributed by atoms with Gasteiger partial charge in [0, 0.05) is 0 Å². The number of rotatable bonds is 2. The normalized spacial score (nSPS) is 20.8. The topological polar surface area (TPSA) is 52.4 Å². The fourth-order valence-corrected chi connectivity index (χ4v) is 0.951. The zero-order valence-corrected chi connectivity index (χ0v) is 5.75. The summed E-state index contributed by atoms with van der Waals surface area (Å²) in [4.78, 5) is 12.1. The van der Waals surface area contributed by atoms with E-state index in [4.69, 9.17) is 9.84 Å². The standard InChI is InChI=1S/C6H11NO3/c8-6(9)5-7-1-3-10-4-2-7/h1-5H2,(H,8,9)/q+1. The third-order valence-electron chi connectivity index (χ3n) is 1.46. The number of carbonyl (C=O) groups is 1. The molecule has 10 heavy (non-hydrogen) atoms. The van der Waals surface area contributed by atoms with E-state index in [0.29, 0.717) is 13.2 Å². The van der Waals surface area contributed by atoms with Crippen LogP contribution >= 0.6 is 0 Å². The molecule has 0 aliphatic carbocycles. The van der Waals surface area contributed by atoms with E-state index in [1.807, 2.05) is 4.90 Å². The van der Waals surface area contributed by atoms with Gasteiger partial charge in [-0.15, -0.1) is 0 Å². The van der Waals surface area contributed by atoms with Crippen molar-refractivity contribution in [3.8, 4) is 0 Å². The number of morpholine rings is 1. The van der Waals surface area contributed by atoms with E-state index in [0.717, 1.165) is 13.1 Å². The summed E-state index contributed by atoms with van der Waals surface area (Å²) in [6.45, 7) is 2.95. The van der Waals surface area contributed by atoms with Crippen molar-refractivity contribution in [2.24, 2.45) is 0 Å². The van der Waals surface area contributed by atoms with Crippen LogP contribution in [0.1, 0.15) is 0 Å². The molecule has 0 amide bonds. The number of nitrogens with zero attached hydrogens (tertiary/aromatic N) is 1. The molecule has 1 heterocycles. The zero-order chi connectivity index (χ0) is 7.40. The fraction of sp³-hybridized carbons (Fsp3) is 0.833. The zero-order valence-electron chi connectivity index (χ0n) is 5.75. The first-order chi connectivity index (χ1) is 4.79. The smallest absolute Gasteiger partial charge is 0.364 e. The van der Waals surface area contributed by atoms with Crippen LogP contribution < -0.4 is 4.90 Å². The van der Waals surface area contributed by atoms with Crippen molar-refractivity contribution in [3.05, 3.63) is 0 Å². The van der Waals surface area contributed by atoms with Crippen LogP contribution in [0.4, 0.5) is 0 Å². The van der Waals surface area contributed by atoms with E-state index in [-0.39, 0.29) is 6.54 Å². The molecule has 1 radical (unpaired) electrons. The van der Waals surface area contributed by atoms with E-state index in [1.54, 1.807) is 0 Å². The molecule has 4 nitrogen and oxygen atoms in total. The Hall–Kier alpha value is -0.610. The van der Waals surface area contributed by atoms with Gasteiger partial charge in [-0.3, -0.25) is 0 Å². The van der Waals surface area contributed by atoms with Gasteiger partial charge >= 0.3 is 5.97 Å². The summed E-state index contributed by atoms with van der Waals surface area (Å²) in [5, 5.41) is 8.38. The molecule has 0 atom stereocenters. The molecule has 0 aromatic rings. The van der Waals surface area contributed by atoms with Crippen molar-refractivity contribution in [2.75, 3.05) is 32.8 Å². The van der Waals surface area contributed by atoms with Crippen molar-refractivity contribution in [3.63, 3.8) is 0 Å². The summed E-state index contributed by atoms with van der Waals surface area (Å²) >= 11 is 0. The van der Waals surface area contributed by atoms with Gasteiger partial charge in [0.1, 0.15) is 26.3 Å². The molecule has 4 heteroatoms. The van der Waals surface area contributed by atoms with Crippen LogP contribution in [0.25, 0.3) is 0 Å². The van der Waals surface area contributed by atoms with E-state index in [9.17, 15) is 4.79 Å². The molecular formula is C6H11NO3+. The summed E-state index contributed by atoms with van der Waals surface area (Å²) in [7, 11) is 0. The van der Waals surface area contributed by atoms with Gasteiger partial charge in [0.15, 0.2) is 0 Å². The highest BCUT2D eigenvalue weighted by Crippen LogP contribution is 1.91. The van der Waals surface area contributed by atoms with Gasteiger partial charge in [-0.05, 0) is 0 Å². The van der Waals surface area contributed by atoms with Crippen molar-refractivity contribution in [1.82, 2.24) is 4.90 Å². The van der Waals surface area contributed by atoms with Crippen molar-refractivity contribution >= 4 is 5.97 Å². The van der Waals surface area contributed by atoms with Gasteiger partial charge in [0.25, 0.3) is 0 Å². The number of hydrogen-bond acceptors (Lipinski definition) is 3. The van der Waals surface area contributed by atoms with Gasteiger partial charge in [0.2, 0.25) is 6.54 Å². The Kier molecular flexibility index (Phi) is 2.65. The van der Waals surface area contributed by atoms with Crippen LogP contribution in [0.15, 0.2) is 0 Å². The Balaban J connectivity index is 2.19. The largest absolute Gasteiger partial charge is 0.477 e. The summed E-state index contributed by atoms with van der Waals surface area (Å²) in [6.07, 6.45) is 0. The van der Waals surface area contributed by atoms with Gasteiger partial charge in [-0.25, -0.2) is 4.79 Å². The summed E-state index contributed by atoms with van der Waals surface area (Å²) in [6, 6.07) is 0. The minimum Gasteiger partial charge on any atom is -0.477 e. The van der Waals surface area contributed by atoms with Gasteiger partial charge in [-0.1, -0.05) is 0 Å². The highest BCUT2D eigenvalue weighted by Gasteiger charge is 2.21. The van der Waals surface area contributed by atoms with E-state index in [1.165, 1.54) is 0 Å². The number of hydrogen-bond donors (Lipinski definition) is 1. The predicted octanol–water partition coefficient (Wildman–Crippen LogP) is -0.759. The minimum absolute atomic E-state index is 0.142. The summed E-state index contributed by atoms with van der Waals surface area (Å²) in [5.74, 6) is -0.762. The van der Waals surface area contributed by atoms with Crippen molar-refractivity contribution in [2.45, 2.75) is 0 Å². The van der Waals surface area contributed by atoms with Crippen LogP contribution in [-0.2, 0) is 9.53 Å². The van der Waals surface area contributed by atoms with Crippen LogP contribution in [-0.4, -0.2) is 43.9 Å². The van der Waals surface area contributed by atoms with Gasteiger partial charge < -0.3 is 9.84 Å². The number of ether oxygens (including phenoxy) is 1. The molecule has 0 aromatic heterocycles. The molecule has 57 valence electrons. The quantitative estimate of drug-likeness (QED) is 0.520. The second-order valence-electron chi connectivity index (χ2n) is 2.28. The second kappa shape index (κ2) is 3.53. The highest BCUT2D eigenvalue weighted by molar-refractivity contribution is 5.69. The number of aliphatic carboxylic acids is 1. The Morgan fingerprint density at radius 3 is 2.60 bits per heavy atom. The Morgan fingerprint density at radius 1 is 1.50 bits per heavy atom. The van der Waals surface area contributed by atoms with Crippen LogP contribution in [0.3, 0.4) is 0 Å². The monoisotopic (exact) mass is 145 g/mol. The molecule has 1 aliphatic heterocycles. The molecule has 1 rings (SSSR count). The predicted molar refractivity (Wildman–Crippen MR) is 35.2 cm³/mol. The van der Waals surface area contributed by atoms with E-state index < -0.39 is 5.97 Å². The molecule has 0 saturated carbocycles. The lowest BCUT2D eigenvalue weighted by Crippen LogP contribution is -2.44. The lowest BCUT2D eigenvalue weighted by atomic mass is 10.4. The number of carboxylic acids is 1. The minimum atomic E-state index is -0.762. The molecule has 1 N–H and O–H groups in total. The van der Waals surface area contributed by atoms with E-state index >= 15 is 0 Å². The van der Waals surface area contributed by atoms with Crippen molar-refractivity contribution < 1.29 is 14.6 Å². The lowest BCUT2D eigenvalue weighted by Gasteiger charge is -2.15. The fourth-order valence-electron chi connectivity index (χ4n) is 0.951. The summed E-state index contributed by atoms with van der Waals surface area (Å²) in [5.41, 5.74) is 0. The van der Waals surface area contributed by atoms with Crippen LogP contribution in [0.5, 0.6) is 0 Å². The maximum absolute atomic E-state index is 10.2. The maximum atomic E-state index is 10.2. The first kappa shape index (κ1) is 7.50. The Morgan fingerprint density at radius 2 is 2.10 bits per heavy atom. The average molecular weight is 145 g/mol. The first-order valence-corrected chi connectivity index (χ1v) is 3.31. The molecule has 1 saturated heterocycles. The molecule has 0 aromatic carbocycles. The Labute approximate surface area is 59.4 Å². The first-order valence-electron chi connectivity index (χ1n) is 3.31. The average Bonchev–Trinajstić information content (AvgIpc) is 1.88. The third-order valence-corrected chi connectivity index (χ3v) is 1.46. The van der Waals surface area contributed by atoms with Crippen LogP contribution in [0.2, 0.25) is 0 Å². The molecule has 0 unspecified atom stereocenters. The highest BCUT2D eigenvalue weighted by atomic mass is 16.5. The molecule has 0 bridgehead atoms. The lowest BCUT2D eigenvalue weighted by molar-refractivity contribution is -0.137. The molecule has 0 spiro atoms. The molecule has 1 fully saturated rings. The SMILES string of the molecule is O=C(O)C[N+]1CCOCC1.